The van der Waals surface area contributed by atoms with Crippen LogP contribution in [0.4, 0.5) is 5.69 Å². The molecule has 0 unspecified atom stereocenters. The summed E-state index contributed by atoms with van der Waals surface area (Å²) in [6.45, 7) is 1.94. The van der Waals surface area contributed by atoms with Gasteiger partial charge in [-0.2, -0.15) is 0 Å². The van der Waals surface area contributed by atoms with E-state index in [0.717, 1.165) is 28.4 Å². The average Bonchev–Trinajstić information content (AvgIpc) is 2.98. The number of carbonyl (C=O) groups excluding carboxylic acids is 1. The smallest absolute Gasteiger partial charge is 0.230 e. The number of thiazole rings is 1. The van der Waals surface area contributed by atoms with Crippen LogP contribution in [-0.2, 0) is 17.6 Å². The number of carbonyl (C=O) groups is 1. The van der Waals surface area contributed by atoms with Gasteiger partial charge in [0.15, 0.2) is 0 Å². The fraction of sp³-hybridized carbons (Fsp3) is 0.158. The zero-order chi connectivity index (χ0) is 16.9. The molecule has 1 N–H and O–H groups in total. The summed E-state index contributed by atoms with van der Waals surface area (Å²) < 4.78 is 0. The largest absolute Gasteiger partial charge is 0.325 e. The highest BCUT2D eigenvalue weighted by Gasteiger charge is 2.10. The summed E-state index contributed by atoms with van der Waals surface area (Å²) in [6.07, 6.45) is 1.05. The van der Waals surface area contributed by atoms with E-state index in [9.17, 15) is 4.79 Å². The minimum absolute atomic E-state index is 0.0862. The number of nitrogens with zero attached hydrogens (tertiary/aromatic N) is 1. The molecular formula is C19H17ClN2OS. The van der Waals surface area contributed by atoms with Crippen LogP contribution in [0.1, 0.15) is 21.8 Å². The Balaban J connectivity index is 1.62. The van der Waals surface area contributed by atoms with Gasteiger partial charge in [0.1, 0.15) is 0 Å². The number of rotatable bonds is 5. The third-order valence-electron chi connectivity index (χ3n) is 3.61. The van der Waals surface area contributed by atoms with Gasteiger partial charge in [0.05, 0.1) is 17.1 Å². The molecule has 0 bridgehead atoms. The number of aryl methyl sites for hydroxylation is 1. The molecule has 0 aliphatic rings. The van der Waals surface area contributed by atoms with Crippen molar-refractivity contribution in [3.8, 4) is 0 Å². The summed E-state index contributed by atoms with van der Waals surface area (Å²) in [4.78, 5) is 16.8. The molecule has 0 saturated carbocycles. The van der Waals surface area contributed by atoms with E-state index in [0.29, 0.717) is 5.02 Å². The topological polar surface area (TPSA) is 42.0 Å². The Bertz CT molecular complexity index is 846. The SMILES string of the molecule is Cc1ccc(Cl)cc1NC(=O)Cc1csc(Cc2ccccc2)n1. The van der Waals surface area contributed by atoms with Crippen molar-refractivity contribution in [3.05, 3.63) is 80.8 Å². The van der Waals surface area contributed by atoms with Gasteiger partial charge < -0.3 is 5.32 Å². The molecule has 24 heavy (non-hydrogen) atoms. The molecule has 0 radical (unpaired) electrons. The van der Waals surface area contributed by atoms with Crippen LogP contribution in [-0.4, -0.2) is 10.9 Å². The molecule has 3 nitrogen and oxygen atoms in total. The summed E-state index contributed by atoms with van der Waals surface area (Å²) in [5, 5.41) is 6.47. The Labute approximate surface area is 150 Å². The lowest BCUT2D eigenvalue weighted by Gasteiger charge is -2.08. The average molecular weight is 357 g/mol. The maximum absolute atomic E-state index is 12.2. The third-order valence-corrected chi connectivity index (χ3v) is 4.75. The van der Waals surface area contributed by atoms with Gasteiger partial charge >= 0.3 is 0 Å². The van der Waals surface area contributed by atoms with Crippen LogP contribution in [0.3, 0.4) is 0 Å². The van der Waals surface area contributed by atoms with E-state index in [4.69, 9.17) is 11.6 Å². The van der Waals surface area contributed by atoms with E-state index >= 15 is 0 Å². The summed E-state index contributed by atoms with van der Waals surface area (Å²) >= 11 is 7.56. The van der Waals surface area contributed by atoms with Crippen LogP contribution in [0.15, 0.2) is 53.9 Å². The lowest BCUT2D eigenvalue weighted by molar-refractivity contribution is -0.115. The van der Waals surface area contributed by atoms with Crippen molar-refractivity contribution in [1.82, 2.24) is 4.98 Å². The Morgan fingerprint density at radius 1 is 1.21 bits per heavy atom. The summed E-state index contributed by atoms with van der Waals surface area (Å²) in [7, 11) is 0. The number of aromatic nitrogens is 1. The first-order valence-corrected chi connectivity index (χ1v) is 8.89. The van der Waals surface area contributed by atoms with Gasteiger partial charge in [-0.25, -0.2) is 4.98 Å². The molecule has 3 aromatic rings. The Kier molecular flexibility index (Phi) is 5.28. The first-order chi connectivity index (χ1) is 11.6. The predicted molar refractivity (Wildman–Crippen MR) is 99.9 cm³/mol. The quantitative estimate of drug-likeness (QED) is 0.708. The van der Waals surface area contributed by atoms with Gasteiger partial charge in [-0.05, 0) is 30.2 Å². The van der Waals surface area contributed by atoms with Crippen molar-refractivity contribution in [3.63, 3.8) is 0 Å². The highest BCUT2D eigenvalue weighted by atomic mass is 35.5. The zero-order valence-corrected chi connectivity index (χ0v) is 14.8. The maximum atomic E-state index is 12.2. The van der Waals surface area contributed by atoms with Gasteiger partial charge in [0, 0.05) is 22.5 Å². The zero-order valence-electron chi connectivity index (χ0n) is 13.3. The second-order valence-electron chi connectivity index (χ2n) is 5.58. The fourth-order valence-corrected chi connectivity index (χ4v) is 3.37. The minimum atomic E-state index is -0.0862. The summed E-state index contributed by atoms with van der Waals surface area (Å²) in [6, 6.07) is 15.7. The number of hydrogen-bond donors (Lipinski definition) is 1. The summed E-state index contributed by atoms with van der Waals surface area (Å²) in [5.74, 6) is -0.0862. The lowest BCUT2D eigenvalue weighted by Crippen LogP contribution is -2.15. The van der Waals surface area contributed by atoms with Gasteiger partial charge in [0.25, 0.3) is 0 Å². The van der Waals surface area contributed by atoms with Crippen LogP contribution in [0.5, 0.6) is 0 Å². The van der Waals surface area contributed by atoms with Crippen molar-refractivity contribution in [2.24, 2.45) is 0 Å². The second-order valence-corrected chi connectivity index (χ2v) is 6.96. The van der Waals surface area contributed by atoms with Gasteiger partial charge in [-0.15, -0.1) is 11.3 Å². The van der Waals surface area contributed by atoms with Crippen molar-refractivity contribution in [1.29, 1.82) is 0 Å². The maximum Gasteiger partial charge on any atom is 0.230 e. The van der Waals surface area contributed by atoms with E-state index in [-0.39, 0.29) is 12.3 Å². The Hall–Kier alpha value is -2.17. The normalized spacial score (nSPS) is 10.6. The highest BCUT2D eigenvalue weighted by Crippen LogP contribution is 2.21. The highest BCUT2D eigenvalue weighted by molar-refractivity contribution is 7.09. The molecule has 2 aromatic carbocycles. The molecule has 0 saturated heterocycles. The molecule has 1 heterocycles. The lowest BCUT2D eigenvalue weighted by atomic mass is 10.2. The first-order valence-electron chi connectivity index (χ1n) is 7.63. The molecule has 122 valence electrons. The standard InChI is InChI=1S/C19H17ClN2OS/c1-13-7-8-15(20)10-17(13)22-18(23)11-16-12-24-19(21-16)9-14-5-3-2-4-6-14/h2-8,10,12H,9,11H2,1H3,(H,22,23). The minimum Gasteiger partial charge on any atom is -0.325 e. The number of hydrogen-bond acceptors (Lipinski definition) is 3. The molecule has 3 rings (SSSR count). The molecule has 0 aliphatic heterocycles. The molecule has 0 aliphatic carbocycles. The van der Waals surface area contributed by atoms with Crippen LogP contribution in [0, 0.1) is 6.92 Å². The monoisotopic (exact) mass is 356 g/mol. The Morgan fingerprint density at radius 3 is 2.79 bits per heavy atom. The molecule has 1 aromatic heterocycles. The molecule has 0 fully saturated rings. The molecule has 5 heteroatoms. The molecule has 1 amide bonds. The van der Waals surface area contributed by atoms with Crippen LogP contribution >= 0.6 is 22.9 Å². The van der Waals surface area contributed by atoms with E-state index in [1.54, 1.807) is 17.4 Å². The van der Waals surface area contributed by atoms with Crippen molar-refractivity contribution in [2.45, 2.75) is 19.8 Å². The molecule has 0 spiro atoms. The second kappa shape index (κ2) is 7.60. The number of nitrogens with one attached hydrogen (secondary N) is 1. The molecular weight excluding hydrogens is 340 g/mol. The number of halogens is 1. The van der Waals surface area contributed by atoms with Crippen LogP contribution in [0.2, 0.25) is 5.02 Å². The van der Waals surface area contributed by atoms with Gasteiger partial charge in [-0.1, -0.05) is 48.0 Å². The van der Waals surface area contributed by atoms with E-state index in [2.05, 4.69) is 22.4 Å². The first kappa shape index (κ1) is 16.7. The summed E-state index contributed by atoms with van der Waals surface area (Å²) in [5.41, 5.74) is 3.74. The van der Waals surface area contributed by atoms with Crippen LogP contribution < -0.4 is 5.32 Å². The predicted octanol–water partition coefficient (Wildman–Crippen LogP) is 4.88. The third kappa shape index (κ3) is 4.43. The number of amides is 1. The van der Waals surface area contributed by atoms with E-state index < -0.39 is 0 Å². The number of benzene rings is 2. The number of anilines is 1. The van der Waals surface area contributed by atoms with Gasteiger partial charge in [-0.3, -0.25) is 4.79 Å². The van der Waals surface area contributed by atoms with Crippen molar-refractivity contribution in [2.75, 3.05) is 5.32 Å². The van der Waals surface area contributed by atoms with Gasteiger partial charge in [0.2, 0.25) is 5.91 Å². The van der Waals surface area contributed by atoms with Crippen molar-refractivity contribution < 1.29 is 4.79 Å². The van der Waals surface area contributed by atoms with Crippen molar-refractivity contribution >= 4 is 34.5 Å². The van der Waals surface area contributed by atoms with E-state index in [1.807, 2.05) is 42.6 Å². The Morgan fingerprint density at radius 2 is 2.00 bits per heavy atom. The van der Waals surface area contributed by atoms with E-state index in [1.165, 1.54) is 5.56 Å². The fourth-order valence-electron chi connectivity index (χ4n) is 2.37. The molecule has 0 atom stereocenters. The van der Waals surface area contributed by atoms with Crippen LogP contribution in [0.25, 0.3) is 0 Å².